The number of thioether (sulfide) groups is 1. The molecule has 3 heteroatoms. The van der Waals surface area contributed by atoms with Gasteiger partial charge in [-0.25, -0.2) is 0 Å². The van der Waals surface area contributed by atoms with Gasteiger partial charge >= 0.3 is 0 Å². The zero-order valence-electron chi connectivity index (χ0n) is 8.19. The van der Waals surface area contributed by atoms with Gasteiger partial charge in [0, 0.05) is 22.3 Å². The molecule has 0 saturated carbocycles. The molecule has 0 spiro atoms. The lowest BCUT2D eigenvalue weighted by atomic mass is 10.1. The Morgan fingerprint density at radius 2 is 2.43 bits per heavy atom. The quantitative estimate of drug-likeness (QED) is 0.828. The molecule has 1 N–H and O–H groups in total. The summed E-state index contributed by atoms with van der Waals surface area (Å²) in [5, 5.41) is 9.41. The molecule has 0 bridgehead atoms. The zero-order valence-corrected chi connectivity index (χ0v) is 9.01. The van der Waals surface area contributed by atoms with Crippen LogP contribution in [0.15, 0.2) is 23.1 Å². The van der Waals surface area contributed by atoms with Gasteiger partial charge in [-0.3, -0.25) is 0 Å². The van der Waals surface area contributed by atoms with Gasteiger partial charge in [0.2, 0.25) is 0 Å². The molecule has 1 aromatic rings. The van der Waals surface area contributed by atoms with Crippen LogP contribution < -0.4 is 4.74 Å². The van der Waals surface area contributed by atoms with Crippen LogP contribution in [0.3, 0.4) is 0 Å². The lowest BCUT2D eigenvalue weighted by molar-refractivity contribution is 0.287. The van der Waals surface area contributed by atoms with Crippen molar-refractivity contribution in [3.63, 3.8) is 0 Å². The number of hydrogen-bond donors (Lipinski definition) is 1. The van der Waals surface area contributed by atoms with Crippen LogP contribution in [-0.4, -0.2) is 24.1 Å². The van der Waals surface area contributed by atoms with Gasteiger partial charge in [-0.05, 0) is 25.0 Å². The Morgan fingerprint density at radius 1 is 1.57 bits per heavy atom. The minimum absolute atomic E-state index is 0.272. The maximum atomic E-state index is 8.89. The molecule has 76 valence electrons. The van der Waals surface area contributed by atoms with Crippen LogP contribution in [0, 0.1) is 0 Å². The fraction of sp³-hybridized carbons (Fsp3) is 0.455. The molecule has 1 aliphatic rings. The van der Waals surface area contributed by atoms with E-state index in [0.29, 0.717) is 5.25 Å². The summed E-state index contributed by atoms with van der Waals surface area (Å²) in [6.45, 7) is 0.272. The highest BCUT2D eigenvalue weighted by Crippen LogP contribution is 2.42. The maximum Gasteiger partial charge on any atom is 0.123 e. The van der Waals surface area contributed by atoms with Gasteiger partial charge in [0.1, 0.15) is 5.75 Å². The Balaban J connectivity index is 2.21. The molecule has 1 heterocycles. The number of aliphatic hydroxyl groups is 1. The normalized spacial score (nSPS) is 19.4. The largest absolute Gasteiger partial charge is 0.496 e. The maximum absolute atomic E-state index is 8.89. The van der Waals surface area contributed by atoms with Crippen LogP contribution >= 0.6 is 11.8 Å². The van der Waals surface area contributed by atoms with Gasteiger partial charge in [0.25, 0.3) is 0 Å². The van der Waals surface area contributed by atoms with Crippen LogP contribution in [0.2, 0.25) is 0 Å². The third-order valence-corrected chi connectivity index (χ3v) is 3.86. The van der Waals surface area contributed by atoms with Crippen LogP contribution in [0.25, 0.3) is 0 Å². The second-order valence-electron chi connectivity index (χ2n) is 3.39. The minimum Gasteiger partial charge on any atom is -0.496 e. The number of rotatable bonds is 3. The Morgan fingerprint density at radius 3 is 3.14 bits per heavy atom. The second kappa shape index (κ2) is 4.24. The topological polar surface area (TPSA) is 29.5 Å². The van der Waals surface area contributed by atoms with Gasteiger partial charge in [-0.2, -0.15) is 0 Å². The van der Waals surface area contributed by atoms with Gasteiger partial charge in [0.05, 0.1) is 7.11 Å². The smallest absolute Gasteiger partial charge is 0.123 e. The molecule has 0 aliphatic carbocycles. The van der Waals surface area contributed by atoms with Crippen LogP contribution in [0.5, 0.6) is 5.75 Å². The first-order chi connectivity index (χ1) is 6.85. The summed E-state index contributed by atoms with van der Waals surface area (Å²) in [6.07, 6.45) is 1.88. The third kappa shape index (κ3) is 1.74. The van der Waals surface area contributed by atoms with Gasteiger partial charge in [-0.15, -0.1) is 11.8 Å². The van der Waals surface area contributed by atoms with Crippen LogP contribution in [0.1, 0.15) is 12.0 Å². The molecule has 1 unspecified atom stereocenters. The second-order valence-corrected chi connectivity index (χ2v) is 4.74. The molecule has 0 fully saturated rings. The van der Waals surface area contributed by atoms with Gasteiger partial charge < -0.3 is 9.84 Å². The highest BCUT2D eigenvalue weighted by atomic mass is 32.2. The first kappa shape index (κ1) is 9.87. The van der Waals surface area contributed by atoms with Crippen LogP contribution in [-0.2, 0) is 6.42 Å². The molecule has 1 aromatic carbocycles. The predicted octanol–water partition coefficient (Wildman–Crippen LogP) is 2.09. The first-order valence-corrected chi connectivity index (χ1v) is 5.66. The van der Waals surface area contributed by atoms with Crippen molar-refractivity contribution in [3.05, 3.63) is 23.8 Å². The lowest BCUT2D eigenvalue weighted by Gasteiger charge is -2.05. The van der Waals surface area contributed by atoms with Crippen molar-refractivity contribution < 1.29 is 9.84 Å². The van der Waals surface area contributed by atoms with Crippen molar-refractivity contribution >= 4 is 11.8 Å². The van der Waals surface area contributed by atoms with Crippen molar-refractivity contribution in [1.82, 2.24) is 0 Å². The highest BCUT2D eigenvalue weighted by molar-refractivity contribution is 8.00. The van der Waals surface area contributed by atoms with Gasteiger partial charge in [-0.1, -0.05) is 6.07 Å². The SMILES string of the molecule is COc1cccc2c1CC(CCO)S2. The van der Waals surface area contributed by atoms with E-state index >= 15 is 0 Å². The number of aliphatic hydroxyl groups excluding tert-OH is 1. The third-order valence-electron chi connectivity index (χ3n) is 2.49. The fourth-order valence-corrected chi connectivity index (χ4v) is 3.12. The molecule has 2 nitrogen and oxygen atoms in total. The summed E-state index contributed by atoms with van der Waals surface area (Å²) in [7, 11) is 1.71. The van der Waals surface area contributed by atoms with E-state index in [1.54, 1.807) is 7.11 Å². The summed E-state index contributed by atoms with van der Waals surface area (Å²) in [5.41, 5.74) is 1.30. The first-order valence-electron chi connectivity index (χ1n) is 4.78. The van der Waals surface area contributed by atoms with E-state index in [1.807, 2.05) is 23.9 Å². The molecular formula is C11H14O2S. The van der Waals surface area contributed by atoms with Crippen LogP contribution in [0.4, 0.5) is 0 Å². The predicted molar refractivity (Wildman–Crippen MR) is 58.0 cm³/mol. The molecule has 0 amide bonds. The summed E-state index contributed by atoms with van der Waals surface area (Å²) in [6, 6.07) is 6.15. The summed E-state index contributed by atoms with van der Waals surface area (Å²) in [5.74, 6) is 0.982. The van der Waals surface area contributed by atoms with Crippen molar-refractivity contribution in [1.29, 1.82) is 0 Å². The van der Waals surface area contributed by atoms with Crippen molar-refractivity contribution in [2.24, 2.45) is 0 Å². The van der Waals surface area contributed by atoms with E-state index in [4.69, 9.17) is 9.84 Å². The Hall–Kier alpha value is -0.670. The standard InChI is InChI=1S/C11H14O2S/c1-13-10-3-2-4-11-9(10)7-8(14-11)5-6-12/h2-4,8,12H,5-7H2,1H3. The van der Waals surface area contributed by atoms with Gasteiger partial charge in [0.15, 0.2) is 0 Å². The van der Waals surface area contributed by atoms with E-state index in [0.717, 1.165) is 18.6 Å². The van der Waals surface area contributed by atoms with Crippen molar-refractivity contribution in [2.45, 2.75) is 23.0 Å². The number of benzene rings is 1. The van der Waals surface area contributed by atoms with Crippen molar-refractivity contribution in [2.75, 3.05) is 13.7 Å². The molecule has 1 atom stereocenters. The Labute approximate surface area is 88.3 Å². The van der Waals surface area contributed by atoms with E-state index in [9.17, 15) is 0 Å². The minimum atomic E-state index is 0.272. The number of ether oxygens (including phenoxy) is 1. The summed E-state index contributed by atoms with van der Waals surface area (Å²) >= 11 is 1.85. The Bertz CT molecular complexity index is 325. The van der Waals surface area contributed by atoms with Crippen molar-refractivity contribution in [3.8, 4) is 5.75 Å². The molecular weight excluding hydrogens is 196 g/mol. The fourth-order valence-electron chi connectivity index (χ4n) is 1.80. The molecule has 1 aliphatic heterocycles. The number of hydrogen-bond acceptors (Lipinski definition) is 3. The average molecular weight is 210 g/mol. The summed E-state index contributed by atoms with van der Waals surface area (Å²) < 4.78 is 5.31. The number of methoxy groups -OCH3 is 1. The molecule has 14 heavy (non-hydrogen) atoms. The molecule has 0 aromatic heterocycles. The lowest BCUT2D eigenvalue weighted by Crippen LogP contribution is -2.03. The average Bonchev–Trinajstić information content (AvgIpc) is 2.60. The molecule has 0 saturated heterocycles. The summed E-state index contributed by atoms with van der Waals surface area (Å²) in [4.78, 5) is 1.31. The monoisotopic (exact) mass is 210 g/mol. The number of fused-ring (bicyclic) bond motifs is 1. The van der Waals surface area contributed by atoms with E-state index < -0.39 is 0 Å². The van der Waals surface area contributed by atoms with E-state index in [1.165, 1.54) is 10.5 Å². The molecule has 2 rings (SSSR count). The molecule has 0 radical (unpaired) electrons. The van der Waals surface area contributed by atoms with E-state index in [-0.39, 0.29) is 6.61 Å². The van der Waals surface area contributed by atoms with E-state index in [2.05, 4.69) is 6.07 Å². The Kier molecular flexibility index (Phi) is 2.99. The zero-order chi connectivity index (χ0) is 9.97. The highest BCUT2D eigenvalue weighted by Gasteiger charge is 2.24.